The standard InChI is InChI=1S/C23H17ClN2O/c24-19-13-11-18(12-14-19)23-25-20(15-21(27)16-7-3-1-4-8-16)22(26-23)17-9-5-2-6-10-17/h1-14H,15H2,(H,25,26). The van der Waals surface area contributed by atoms with E-state index >= 15 is 0 Å². The molecule has 0 aliphatic rings. The second-order valence-corrected chi connectivity index (χ2v) is 6.69. The summed E-state index contributed by atoms with van der Waals surface area (Å²) in [4.78, 5) is 20.8. The highest BCUT2D eigenvalue weighted by molar-refractivity contribution is 6.30. The van der Waals surface area contributed by atoms with Gasteiger partial charge < -0.3 is 4.98 Å². The van der Waals surface area contributed by atoms with Crippen LogP contribution in [-0.2, 0) is 6.42 Å². The Hall–Kier alpha value is -3.17. The van der Waals surface area contributed by atoms with Crippen LogP contribution in [0.2, 0.25) is 5.02 Å². The monoisotopic (exact) mass is 372 g/mol. The van der Waals surface area contributed by atoms with Crippen LogP contribution in [0.3, 0.4) is 0 Å². The fraction of sp³-hybridized carbons (Fsp3) is 0.0435. The average Bonchev–Trinajstić information content (AvgIpc) is 3.13. The molecule has 0 aliphatic carbocycles. The van der Waals surface area contributed by atoms with Gasteiger partial charge in [-0.2, -0.15) is 0 Å². The van der Waals surface area contributed by atoms with E-state index in [1.165, 1.54) is 0 Å². The van der Waals surface area contributed by atoms with Gasteiger partial charge in [0.05, 0.1) is 17.8 Å². The summed E-state index contributed by atoms with van der Waals surface area (Å²) in [6, 6.07) is 26.7. The van der Waals surface area contributed by atoms with Crippen molar-refractivity contribution in [3.8, 4) is 22.6 Å². The molecule has 1 aromatic heterocycles. The lowest BCUT2D eigenvalue weighted by atomic mass is 10.0. The summed E-state index contributed by atoms with van der Waals surface area (Å²) in [5, 5.41) is 0.674. The van der Waals surface area contributed by atoms with Crippen molar-refractivity contribution in [3.63, 3.8) is 0 Å². The van der Waals surface area contributed by atoms with Crippen molar-refractivity contribution in [2.45, 2.75) is 6.42 Å². The number of rotatable bonds is 5. The first-order valence-electron chi connectivity index (χ1n) is 8.69. The largest absolute Gasteiger partial charge is 0.341 e. The Morgan fingerprint density at radius 2 is 1.44 bits per heavy atom. The molecule has 0 unspecified atom stereocenters. The highest BCUT2D eigenvalue weighted by Gasteiger charge is 2.17. The minimum Gasteiger partial charge on any atom is -0.341 e. The van der Waals surface area contributed by atoms with E-state index in [9.17, 15) is 4.79 Å². The van der Waals surface area contributed by atoms with E-state index in [-0.39, 0.29) is 12.2 Å². The predicted octanol–water partition coefficient (Wildman–Crippen LogP) is 5.82. The molecule has 4 rings (SSSR count). The number of nitrogens with zero attached hydrogens (tertiary/aromatic N) is 1. The highest BCUT2D eigenvalue weighted by atomic mass is 35.5. The van der Waals surface area contributed by atoms with Crippen LogP contribution < -0.4 is 0 Å². The number of carbonyl (C=O) groups is 1. The van der Waals surface area contributed by atoms with Gasteiger partial charge in [-0.25, -0.2) is 4.98 Å². The third kappa shape index (κ3) is 3.83. The van der Waals surface area contributed by atoms with Crippen LogP contribution in [-0.4, -0.2) is 15.8 Å². The molecule has 132 valence electrons. The molecule has 0 fully saturated rings. The Kier molecular flexibility index (Phi) is 4.86. The second kappa shape index (κ2) is 7.60. The summed E-state index contributed by atoms with van der Waals surface area (Å²) >= 11 is 5.99. The molecular formula is C23H17ClN2O. The second-order valence-electron chi connectivity index (χ2n) is 6.25. The average molecular weight is 373 g/mol. The number of hydrogen-bond donors (Lipinski definition) is 1. The predicted molar refractivity (Wildman–Crippen MR) is 109 cm³/mol. The molecule has 0 aliphatic heterocycles. The van der Waals surface area contributed by atoms with E-state index in [4.69, 9.17) is 16.6 Å². The topological polar surface area (TPSA) is 45.8 Å². The summed E-state index contributed by atoms with van der Waals surface area (Å²) in [7, 11) is 0. The minimum absolute atomic E-state index is 0.0547. The SMILES string of the molecule is O=C(Cc1[nH]c(-c2ccc(Cl)cc2)nc1-c1ccccc1)c1ccccc1. The lowest BCUT2D eigenvalue weighted by Gasteiger charge is -2.03. The third-order valence-corrected chi connectivity index (χ3v) is 4.63. The van der Waals surface area contributed by atoms with Crippen LogP contribution in [0.1, 0.15) is 16.1 Å². The first-order valence-corrected chi connectivity index (χ1v) is 9.07. The number of halogens is 1. The Labute approximate surface area is 162 Å². The van der Waals surface area contributed by atoms with Gasteiger partial charge in [0.15, 0.2) is 5.78 Å². The number of hydrogen-bond acceptors (Lipinski definition) is 2. The van der Waals surface area contributed by atoms with Crippen molar-refractivity contribution in [1.82, 2.24) is 9.97 Å². The molecule has 1 heterocycles. The zero-order chi connectivity index (χ0) is 18.6. The Morgan fingerprint density at radius 3 is 2.11 bits per heavy atom. The van der Waals surface area contributed by atoms with Crippen molar-refractivity contribution >= 4 is 17.4 Å². The maximum Gasteiger partial charge on any atom is 0.168 e. The number of H-pyrrole nitrogens is 1. The fourth-order valence-corrected chi connectivity index (χ4v) is 3.13. The molecule has 0 bridgehead atoms. The van der Waals surface area contributed by atoms with Crippen LogP contribution in [0.15, 0.2) is 84.9 Å². The molecule has 0 amide bonds. The summed E-state index contributed by atoms with van der Waals surface area (Å²) in [5.74, 6) is 0.778. The smallest absolute Gasteiger partial charge is 0.168 e. The van der Waals surface area contributed by atoms with Crippen LogP contribution in [0.25, 0.3) is 22.6 Å². The Bertz CT molecular complexity index is 1050. The first-order chi connectivity index (χ1) is 13.2. The van der Waals surface area contributed by atoms with Crippen molar-refractivity contribution in [2.75, 3.05) is 0 Å². The molecule has 0 saturated carbocycles. The van der Waals surface area contributed by atoms with Gasteiger partial charge in [-0.05, 0) is 24.3 Å². The molecule has 0 spiro atoms. The Balaban J connectivity index is 1.74. The Morgan fingerprint density at radius 1 is 0.815 bits per heavy atom. The maximum absolute atomic E-state index is 12.7. The third-order valence-electron chi connectivity index (χ3n) is 4.38. The van der Waals surface area contributed by atoms with Gasteiger partial charge in [-0.3, -0.25) is 4.79 Å². The van der Waals surface area contributed by atoms with E-state index in [0.29, 0.717) is 10.6 Å². The maximum atomic E-state index is 12.7. The van der Waals surface area contributed by atoms with Crippen molar-refractivity contribution in [3.05, 3.63) is 101 Å². The van der Waals surface area contributed by atoms with E-state index < -0.39 is 0 Å². The molecule has 0 saturated heterocycles. The number of Topliss-reactive ketones (excluding diaryl/α,β-unsaturated/α-hetero) is 1. The van der Waals surface area contributed by atoms with Crippen LogP contribution in [0.5, 0.6) is 0 Å². The van der Waals surface area contributed by atoms with E-state index in [2.05, 4.69) is 4.98 Å². The fourth-order valence-electron chi connectivity index (χ4n) is 3.00. The molecule has 4 heteroatoms. The summed E-state index contributed by atoms with van der Waals surface area (Å²) in [6.07, 6.45) is 0.259. The molecule has 0 radical (unpaired) electrons. The molecule has 27 heavy (non-hydrogen) atoms. The van der Waals surface area contributed by atoms with Crippen molar-refractivity contribution < 1.29 is 4.79 Å². The molecule has 3 nitrogen and oxygen atoms in total. The van der Waals surface area contributed by atoms with Gasteiger partial charge in [0.25, 0.3) is 0 Å². The zero-order valence-electron chi connectivity index (χ0n) is 14.5. The van der Waals surface area contributed by atoms with E-state index in [1.54, 1.807) is 0 Å². The highest BCUT2D eigenvalue weighted by Crippen LogP contribution is 2.27. The van der Waals surface area contributed by atoms with Gasteiger partial charge in [-0.1, -0.05) is 72.3 Å². The summed E-state index contributed by atoms with van der Waals surface area (Å²) in [5.41, 5.74) is 4.20. The normalized spacial score (nSPS) is 10.7. The number of aromatic nitrogens is 2. The molecule has 1 N–H and O–H groups in total. The lowest BCUT2D eigenvalue weighted by Crippen LogP contribution is -2.04. The number of imidazole rings is 1. The van der Waals surface area contributed by atoms with Crippen LogP contribution in [0.4, 0.5) is 0 Å². The summed E-state index contributed by atoms with van der Waals surface area (Å²) in [6.45, 7) is 0. The first kappa shape index (κ1) is 17.3. The lowest BCUT2D eigenvalue weighted by molar-refractivity contribution is 0.0992. The van der Waals surface area contributed by atoms with Crippen LogP contribution >= 0.6 is 11.6 Å². The number of ketones is 1. The molecule has 4 aromatic rings. The zero-order valence-corrected chi connectivity index (χ0v) is 15.3. The van der Waals surface area contributed by atoms with Gasteiger partial charge in [0, 0.05) is 21.7 Å². The van der Waals surface area contributed by atoms with Crippen LogP contribution in [0, 0.1) is 0 Å². The number of carbonyl (C=O) groups excluding carboxylic acids is 1. The van der Waals surface area contributed by atoms with Gasteiger partial charge in [-0.15, -0.1) is 0 Å². The van der Waals surface area contributed by atoms with Gasteiger partial charge in [0.2, 0.25) is 0 Å². The quantitative estimate of drug-likeness (QED) is 0.448. The van der Waals surface area contributed by atoms with Crippen molar-refractivity contribution in [1.29, 1.82) is 0 Å². The molecule has 3 aromatic carbocycles. The number of aromatic amines is 1. The number of nitrogens with one attached hydrogen (secondary N) is 1. The molecule has 0 atom stereocenters. The molecular weight excluding hydrogens is 356 g/mol. The number of benzene rings is 3. The van der Waals surface area contributed by atoms with Gasteiger partial charge >= 0.3 is 0 Å². The minimum atomic E-state index is 0.0547. The van der Waals surface area contributed by atoms with E-state index in [1.807, 2.05) is 84.9 Å². The van der Waals surface area contributed by atoms with E-state index in [0.717, 1.165) is 28.3 Å². The summed E-state index contributed by atoms with van der Waals surface area (Å²) < 4.78 is 0. The van der Waals surface area contributed by atoms with Gasteiger partial charge in [0.1, 0.15) is 5.82 Å². The van der Waals surface area contributed by atoms with Crippen molar-refractivity contribution in [2.24, 2.45) is 0 Å².